The normalized spacial score (nSPS) is 19.2. The van der Waals surface area contributed by atoms with Crippen LogP contribution in [0.25, 0.3) is 11.0 Å². The average molecular weight is 452 g/mol. The lowest BCUT2D eigenvalue weighted by molar-refractivity contribution is -0.274. The Bertz CT molecular complexity index is 1110. The van der Waals surface area contributed by atoms with Gasteiger partial charge < -0.3 is 20.4 Å². The highest BCUT2D eigenvalue weighted by atomic mass is 32.2. The van der Waals surface area contributed by atoms with Gasteiger partial charge in [-0.05, 0) is 55.3 Å². The van der Waals surface area contributed by atoms with E-state index in [1.807, 2.05) is 0 Å². The molecule has 11 heteroatoms. The van der Waals surface area contributed by atoms with Crippen molar-refractivity contribution in [3.63, 3.8) is 0 Å². The SMILES string of the molecule is O=C(NC1CCS(=O)CC1)c1ccc2nc(Nc3ccc(OC(F)(F)F)cc3)[nH]c2c1. The number of imidazole rings is 1. The van der Waals surface area contributed by atoms with Gasteiger partial charge in [0.15, 0.2) is 0 Å². The summed E-state index contributed by atoms with van der Waals surface area (Å²) in [5.74, 6) is 1.06. The predicted octanol–water partition coefficient (Wildman–Crippen LogP) is 3.85. The summed E-state index contributed by atoms with van der Waals surface area (Å²) in [7, 11) is -0.788. The standard InChI is InChI=1S/C20H19F3N4O3S/c21-20(22,23)30-15-4-2-13(3-5-15)25-19-26-16-6-1-12(11-17(16)27-19)18(28)24-14-7-9-31(29)10-8-14/h1-6,11,14H,7-10H2,(H,24,28)(H2,25,26,27). The van der Waals surface area contributed by atoms with Gasteiger partial charge in [0, 0.05) is 39.6 Å². The predicted molar refractivity (Wildman–Crippen MR) is 111 cm³/mol. The van der Waals surface area contributed by atoms with E-state index in [-0.39, 0.29) is 17.7 Å². The van der Waals surface area contributed by atoms with Crippen molar-refractivity contribution in [1.29, 1.82) is 0 Å². The number of nitrogens with zero attached hydrogens (tertiary/aromatic N) is 1. The lowest BCUT2D eigenvalue weighted by Crippen LogP contribution is -2.39. The maximum absolute atomic E-state index is 12.5. The third kappa shape index (κ3) is 5.54. The number of aromatic amines is 1. The molecule has 1 aliphatic rings. The first-order chi connectivity index (χ1) is 14.7. The number of anilines is 2. The molecule has 1 fully saturated rings. The van der Waals surface area contributed by atoms with Crippen LogP contribution in [0.2, 0.25) is 0 Å². The fraction of sp³-hybridized carbons (Fsp3) is 0.300. The number of hydrogen-bond acceptors (Lipinski definition) is 5. The molecule has 0 bridgehead atoms. The van der Waals surface area contributed by atoms with E-state index in [1.54, 1.807) is 18.2 Å². The van der Waals surface area contributed by atoms with Crippen LogP contribution in [0.1, 0.15) is 23.2 Å². The Morgan fingerprint density at radius 2 is 1.84 bits per heavy atom. The van der Waals surface area contributed by atoms with E-state index < -0.39 is 17.2 Å². The van der Waals surface area contributed by atoms with Gasteiger partial charge in [-0.25, -0.2) is 4.98 Å². The molecule has 7 nitrogen and oxygen atoms in total. The summed E-state index contributed by atoms with van der Waals surface area (Å²) in [6.07, 6.45) is -3.34. The monoisotopic (exact) mass is 452 g/mol. The van der Waals surface area contributed by atoms with Crippen molar-refractivity contribution in [1.82, 2.24) is 15.3 Å². The molecule has 0 radical (unpaired) electrons. The highest BCUT2D eigenvalue weighted by molar-refractivity contribution is 7.85. The third-order valence-electron chi connectivity index (χ3n) is 4.82. The Kier molecular flexibility index (Phi) is 5.86. The van der Waals surface area contributed by atoms with Crippen molar-refractivity contribution >= 4 is 39.4 Å². The minimum atomic E-state index is -4.74. The summed E-state index contributed by atoms with van der Waals surface area (Å²) in [5.41, 5.74) is 2.25. The number of halogens is 3. The second-order valence-electron chi connectivity index (χ2n) is 7.11. The zero-order chi connectivity index (χ0) is 22.0. The van der Waals surface area contributed by atoms with Crippen molar-refractivity contribution in [2.45, 2.75) is 25.2 Å². The number of rotatable bonds is 5. The number of carbonyl (C=O) groups excluding carboxylic acids is 1. The molecule has 0 aliphatic carbocycles. The number of carbonyl (C=O) groups is 1. The molecule has 31 heavy (non-hydrogen) atoms. The maximum atomic E-state index is 12.5. The van der Waals surface area contributed by atoms with Crippen LogP contribution >= 0.6 is 0 Å². The summed E-state index contributed by atoms with van der Waals surface area (Å²) >= 11 is 0. The number of alkyl halides is 3. The molecule has 1 aliphatic heterocycles. The Balaban J connectivity index is 1.42. The van der Waals surface area contributed by atoms with Gasteiger partial charge in [0.2, 0.25) is 5.95 Å². The Morgan fingerprint density at radius 1 is 1.13 bits per heavy atom. The van der Waals surface area contributed by atoms with E-state index >= 15 is 0 Å². The first-order valence-corrected chi connectivity index (χ1v) is 11.0. The van der Waals surface area contributed by atoms with Gasteiger partial charge in [0.25, 0.3) is 5.91 Å². The van der Waals surface area contributed by atoms with Crippen LogP contribution in [0.4, 0.5) is 24.8 Å². The summed E-state index contributed by atoms with van der Waals surface area (Å²) in [6, 6.07) is 10.3. The largest absolute Gasteiger partial charge is 0.573 e. The van der Waals surface area contributed by atoms with E-state index in [2.05, 4.69) is 25.3 Å². The molecular formula is C20H19F3N4O3S. The van der Waals surface area contributed by atoms with E-state index in [9.17, 15) is 22.2 Å². The fourth-order valence-corrected chi connectivity index (χ4v) is 4.59. The third-order valence-corrected chi connectivity index (χ3v) is 6.20. The second kappa shape index (κ2) is 8.58. The van der Waals surface area contributed by atoms with E-state index in [1.165, 1.54) is 24.3 Å². The summed E-state index contributed by atoms with van der Waals surface area (Å²) in [4.78, 5) is 20.0. The highest BCUT2D eigenvalue weighted by Gasteiger charge is 2.31. The average Bonchev–Trinajstić information content (AvgIpc) is 3.11. The van der Waals surface area contributed by atoms with Gasteiger partial charge in [-0.15, -0.1) is 13.2 Å². The second-order valence-corrected chi connectivity index (χ2v) is 8.81. The first kappa shape index (κ1) is 21.2. The van der Waals surface area contributed by atoms with Gasteiger partial charge in [0.1, 0.15) is 5.75 Å². The van der Waals surface area contributed by atoms with Gasteiger partial charge in [-0.1, -0.05) is 0 Å². The number of H-pyrrole nitrogens is 1. The van der Waals surface area contributed by atoms with E-state index in [0.717, 1.165) is 0 Å². The molecule has 0 saturated carbocycles. The first-order valence-electron chi connectivity index (χ1n) is 9.54. The molecule has 0 unspecified atom stereocenters. The number of ether oxygens (including phenoxy) is 1. The Morgan fingerprint density at radius 3 is 2.52 bits per heavy atom. The highest BCUT2D eigenvalue weighted by Crippen LogP contribution is 2.25. The zero-order valence-corrected chi connectivity index (χ0v) is 17.0. The van der Waals surface area contributed by atoms with Crippen LogP contribution in [-0.4, -0.2) is 44.0 Å². The fourth-order valence-electron chi connectivity index (χ4n) is 3.29. The number of hydrogen-bond donors (Lipinski definition) is 3. The summed E-state index contributed by atoms with van der Waals surface area (Å²) < 4.78 is 52.0. The molecule has 3 aromatic rings. The van der Waals surface area contributed by atoms with E-state index in [0.29, 0.717) is 52.6 Å². The number of aromatic nitrogens is 2. The molecule has 164 valence electrons. The molecule has 0 spiro atoms. The number of amides is 1. The van der Waals surface area contributed by atoms with Crippen LogP contribution in [-0.2, 0) is 10.8 Å². The lowest BCUT2D eigenvalue weighted by atomic mass is 10.1. The zero-order valence-electron chi connectivity index (χ0n) is 16.2. The van der Waals surface area contributed by atoms with Crippen molar-refractivity contribution in [2.75, 3.05) is 16.8 Å². The van der Waals surface area contributed by atoms with Gasteiger partial charge in [-0.3, -0.25) is 9.00 Å². The number of benzene rings is 2. The molecule has 4 rings (SSSR count). The van der Waals surface area contributed by atoms with Crippen LogP contribution in [0.15, 0.2) is 42.5 Å². The quantitative estimate of drug-likeness (QED) is 0.547. The minimum absolute atomic E-state index is 0.0178. The summed E-state index contributed by atoms with van der Waals surface area (Å²) in [5, 5.41) is 5.94. The Hall–Kier alpha value is -3.08. The van der Waals surface area contributed by atoms with Crippen molar-refractivity contribution in [3.8, 4) is 5.75 Å². The van der Waals surface area contributed by atoms with Gasteiger partial charge in [0.05, 0.1) is 11.0 Å². The lowest BCUT2D eigenvalue weighted by Gasteiger charge is -2.22. The number of fused-ring (bicyclic) bond motifs is 1. The Labute approximate surface area is 177 Å². The summed E-state index contributed by atoms with van der Waals surface area (Å²) in [6.45, 7) is 0. The molecular weight excluding hydrogens is 433 g/mol. The minimum Gasteiger partial charge on any atom is -0.406 e. The molecule has 1 amide bonds. The van der Waals surface area contributed by atoms with Crippen molar-refractivity contribution < 1.29 is 26.9 Å². The van der Waals surface area contributed by atoms with Crippen molar-refractivity contribution in [3.05, 3.63) is 48.0 Å². The topological polar surface area (TPSA) is 96.1 Å². The van der Waals surface area contributed by atoms with Crippen LogP contribution in [0.3, 0.4) is 0 Å². The molecule has 2 aromatic carbocycles. The molecule has 1 aromatic heterocycles. The number of nitrogens with one attached hydrogen (secondary N) is 3. The smallest absolute Gasteiger partial charge is 0.406 e. The van der Waals surface area contributed by atoms with Crippen molar-refractivity contribution in [2.24, 2.45) is 0 Å². The van der Waals surface area contributed by atoms with E-state index in [4.69, 9.17) is 0 Å². The van der Waals surface area contributed by atoms with Crippen LogP contribution in [0.5, 0.6) is 5.75 Å². The molecule has 0 atom stereocenters. The van der Waals surface area contributed by atoms with Crippen LogP contribution in [0, 0.1) is 0 Å². The van der Waals surface area contributed by atoms with Crippen LogP contribution < -0.4 is 15.4 Å². The maximum Gasteiger partial charge on any atom is 0.573 e. The molecule has 3 N–H and O–H groups in total. The van der Waals surface area contributed by atoms with Gasteiger partial charge in [-0.2, -0.15) is 0 Å². The molecule has 1 saturated heterocycles. The van der Waals surface area contributed by atoms with Gasteiger partial charge >= 0.3 is 6.36 Å². The molecule has 2 heterocycles.